The van der Waals surface area contributed by atoms with Gasteiger partial charge in [0.1, 0.15) is 0 Å². The molecule has 11 heavy (non-hydrogen) atoms. The lowest BCUT2D eigenvalue weighted by Crippen LogP contribution is -2.37. The Labute approximate surface area is 67.5 Å². The normalized spacial score (nSPS) is 30.3. The Hall–Kier alpha value is -0.120. The molecule has 0 aliphatic carbocycles. The summed E-state index contributed by atoms with van der Waals surface area (Å²) in [4.78, 5) is 0. The van der Waals surface area contributed by atoms with Crippen LogP contribution in [0.3, 0.4) is 0 Å². The quantitative estimate of drug-likeness (QED) is 0.615. The second kappa shape index (κ2) is 3.52. The number of hydrogen-bond acceptors (Lipinski definition) is 3. The predicted molar refractivity (Wildman–Crippen MR) is 43.2 cm³/mol. The maximum absolute atomic E-state index is 9.85. The van der Waals surface area contributed by atoms with E-state index in [0.717, 1.165) is 13.0 Å². The minimum absolute atomic E-state index is 0.283. The Balaban J connectivity index is 2.41. The Kier molecular flexibility index (Phi) is 2.87. The van der Waals surface area contributed by atoms with Crippen molar-refractivity contribution in [1.29, 1.82) is 0 Å². The largest absolute Gasteiger partial charge is 0.390 e. The van der Waals surface area contributed by atoms with Crippen molar-refractivity contribution in [1.82, 2.24) is 0 Å². The van der Waals surface area contributed by atoms with Gasteiger partial charge in [-0.25, -0.2) is 0 Å². The third-order valence-electron chi connectivity index (χ3n) is 2.46. The van der Waals surface area contributed by atoms with Gasteiger partial charge in [-0.1, -0.05) is 0 Å². The summed E-state index contributed by atoms with van der Waals surface area (Å²) in [5, 5.41) is 9.85. The maximum Gasteiger partial charge on any atom is 0.0682 e. The molecule has 1 heterocycles. The van der Waals surface area contributed by atoms with Gasteiger partial charge in [-0.2, -0.15) is 0 Å². The highest BCUT2D eigenvalue weighted by atomic mass is 16.5. The van der Waals surface area contributed by atoms with Crippen LogP contribution >= 0.6 is 0 Å². The highest BCUT2D eigenvalue weighted by Crippen LogP contribution is 2.27. The van der Waals surface area contributed by atoms with E-state index in [4.69, 9.17) is 10.5 Å². The van der Waals surface area contributed by atoms with Crippen molar-refractivity contribution in [3.8, 4) is 0 Å². The van der Waals surface area contributed by atoms with Crippen molar-refractivity contribution in [2.75, 3.05) is 19.8 Å². The molecule has 3 heteroatoms. The smallest absolute Gasteiger partial charge is 0.0682 e. The van der Waals surface area contributed by atoms with E-state index in [2.05, 4.69) is 0 Å². The van der Waals surface area contributed by atoms with Gasteiger partial charge in [0.05, 0.1) is 12.2 Å². The van der Waals surface area contributed by atoms with Crippen molar-refractivity contribution in [2.24, 2.45) is 11.7 Å². The fourth-order valence-corrected chi connectivity index (χ4v) is 1.52. The fourth-order valence-electron chi connectivity index (χ4n) is 1.52. The molecule has 66 valence electrons. The van der Waals surface area contributed by atoms with Crippen LogP contribution in [0.25, 0.3) is 0 Å². The Morgan fingerprint density at radius 1 is 1.73 bits per heavy atom. The summed E-state index contributed by atoms with van der Waals surface area (Å²) in [5.74, 6) is 0.283. The Morgan fingerprint density at radius 2 is 2.45 bits per heavy atom. The Morgan fingerprint density at radius 3 is 2.91 bits per heavy atom. The lowest BCUT2D eigenvalue weighted by atomic mass is 9.86. The average Bonchev–Trinajstić information content (AvgIpc) is 2.37. The van der Waals surface area contributed by atoms with Crippen molar-refractivity contribution in [3.05, 3.63) is 0 Å². The summed E-state index contributed by atoms with van der Waals surface area (Å²) >= 11 is 0. The first kappa shape index (κ1) is 8.97. The van der Waals surface area contributed by atoms with Gasteiger partial charge >= 0.3 is 0 Å². The second-order valence-corrected chi connectivity index (χ2v) is 3.46. The summed E-state index contributed by atoms with van der Waals surface area (Å²) in [6, 6.07) is 0. The van der Waals surface area contributed by atoms with Gasteiger partial charge in [0.2, 0.25) is 0 Å². The fraction of sp³-hybridized carbons (Fsp3) is 1.00. The molecule has 0 saturated carbocycles. The molecule has 3 nitrogen and oxygen atoms in total. The van der Waals surface area contributed by atoms with Crippen molar-refractivity contribution >= 4 is 0 Å². The number of ether oxygens (including phenoxy) is 1. The first-order chi connectivity index (χ1) is 5.17. The van der Waals surface area contributed by atoms with Crippen LogP contribution in [-0.2, 0) is 4.74 Å². The van der Waals surface area contributed by atoms with Gasteiger partial charge in [0.15, 0.2) is 0 Å². The first-order valence-corrected chi connectivity index (χ1v) is 4.17. The molecule has 1 aliphatic rings. The molecule has 0 aromatic rings. The van der Waals surface area contributed by atoms with Crippen molar-refractivity contribution in [3.63, 3.8) is 0 Å². The third kappa shape index (κ3) is 2.15. The third-order valence-corrected chi connectivity index (χ3v) is 2.46. The van der Waals surface area contributed by atoms with Gasteiger partial charge in [0.25, 0.3) is 0 Å². The average molecular weight is 159 g/mol. The van der Waals surface area contributed by atoms with Crippen LogP contribution < -0.4 is 5.73 Å². The van der Waals surface area contributed by atoms with E-state index in [-0.39, 0.29) is 5.92 Å². The molecule has 1 rings (SSSR count). The molecule has 0 amide bonds. The molecule has 2 unspecified atom stereocenters. The SMILES string of the molecule is CC(O)(CCN)C1CCOC1. The zero-order chi connectivity index (χ0) is 8.32. The number of nitrogens with two attached hydrogens (primary N) is 1. The molecular weight excluding hydrogens is 142 g/mol. The first-order valence-electron chi connectivity index (χ1n) is 4.17. The molecule has 0 radical (unpaired) electrons. The molecule has 1 aliphatic heterocycles. The molecule has 0 bridgehead atoms. The molecular formula is C8H17NO2. The number of rotatable bonds is 3. The molecule has 2 atom stereocenters. The zero-order valence-electron chi connectivity index (χ0n) is 7.05. The minimum Gasteiger partial charge on any atom is -0.390 e. The van der Waals surface area contributed by atoms with Gasteiger partial charge in [-0.15, -0.1) is 0 Å². The van der Waals surface area contributed by atoms with Crippen LogP contribution in [0, 0.1) is 5.92 Å². The van der Waals surface area contributed by atoms with Gasteiger partial charge in [0, 0.05) is 12.5 Å². The van der Waals surface area contributed by atoms with Crippen LogP contribution in [-0.4, -0.2) is 30.5 Å². The van der Waals surface area contributed by atoms with Crippen LogP contribution in [0.2, 0.25) is 0 Å². The van der Waals surface area contributed by atoms with E-state index in [0.29, 0.717) is 19.6 Å². The number of aliphatic hydroxyl groups is 1. The molecule has 0 aromatic carbocycles. The summed E-state index contributed by atoms with van der Waals surface area (Å²) < 4.78 is 5.19. The van der Waals surface area contributed by atoms with Crippen LogP contribution in [0.15, 0.2) is 0 Å². The van der Waals surface area contributed by atoms with E-state index in [9.17, 15) is 5.11 Å². The molecule has 1 fully saturated rings. The monoisotopic (exact) mass is 159 g/mol. The molecule has 0 spiro atoms. The van der Waals surface area contributed by atoms with Crippen molar-refractivity contribution < 1.29 is 9.84 Å². The van der Waals surface area contributed by atoms with Crippen molar-refractivity contribution in [2.45, 2.75) is 25.4 Å². The van der Waals surface area contributed by atoms with E-state index in [1.165, 1.54) is 0 Å². The van der Waals surface area contributed by atoms with Crippen LogP contribution in [0.5, 0.6) is 0 Å². The lowest BCUT2D eigenvalue weighted by Gasteiger charge is -2.28. The topological polar surface area (TPSA) is 55.5 Å². The van der Waals surface area contributed by atoms with Gasteiger partial charge in [-0.05, 0) is 26.3 Å². The summed E-state index contributed by atoms with van der Waals surface area (Å²) in [7, 11) is 0. The molecule has 0 aromatic heterocycles. The highest BCUT2D eigenvalue weighted by molar-refractivity contribution is 4.84. The predicted octanol–water partition coefficient (Wildman–Crippen LogP) is 0.123. The lowest BCUT2D eigenvalue weighted by molar-refractivity contribution is -0.0101. The highest BCUT2D eigenvalue weighted by Gasteiger charge is 2.33. The standard InChI is InChI=1S/C8H17NO2/c1-8(10,3-4-9)7-2-5-11-6-7/h7,10H,2-6,9H2,1H3. The van der Waals surface area contributed by atoms with Crippen LogP contribution in [0.4, 0.5) is 0 Å². The summed E-state index contributed by atoms with van der Waals surface area (Å²) in [6.45, 7) is 3.86. The minimum atomic E-state index is -0.620. The van der Waals surface area contributed by atoms with Crippen LogP contribution in [0.1, 0.15) is 19.8 Å². The van der Waals surface area contributed by atoms with Gasteiger partial charge in [-0.3, -0.25) is 0 Å². The van der Waals surface area contributed by atoms with Gasteiger partial charge < -0.3 is 15.6 Å². The molecule has 1 saturated heterocycles. The van der Waals surface area contributed by atoms with E-state index >= 15 is 0 Å². The number of hydrogen-bond donors (Lipinski definition) is 2. The second-order valence-electron chi connectivity index (χ2n) is 3.46. The maximum atomic E-state index is 9.85. The van der Waals surface area contributed by atoms with E-state index in [1.807, 2.05) is 6.92 Å². The zero-order valence-corrected chi connectivity index (χ0v) is 7.05. The Bertz CT molecular complexity index is 119. The molecule has 3 N–H and O–H groups in total. The summed E-state index contributed by atoms with van der Waals surface area (Å²) in [5.41, 5.74) is 4.76. The van der Waals surface area contributed by atoms with E-state index in [1.54, 1.807) is 0 Å². The van der Waals surface area contributed by atoms with E-state index < -0.39 is 5.60 Å². The summed E-state index contributed by atoms with van der Waals surface area (Å²) in [6.07, 6.45) is 1.63.